The number of aromatic nitrogens is 1. The van der Waals surface area contributed by atoms with E-state index in [9.17, 15) is 4.79 Å². The monoisotopic (exact) mass is 293 g/mol. The molecule has 0 atom stereocenters. The van der Waals surface area contributed by atoms with Gasteiger partial charge in [0.25, 0.3) is 0 Å². The van der Waals surface area contributed by atoms with Crippen LogP contribution in [0.15, 0.2) is 28.8 Å². The van der Waals surface area contributed by atoms with Gasteiger partial charge in [0.15, 0.2) is 0 Å². The molecule has 0 amide bonds. The topological polar surface area (TPSA) is 72.6 Å². The van der Waals surface area contributed by atoms with Crippen molar-refractivity contribution in [3.8, 4) is 17.0 Å². The highest BCUT2D eigenvalue weighted by molar-refractivity contribution is 6.32. The minimum absolute atomic E-state index is 0.215. The molecule has 2 aromatic rings. The number of rotatable bonds is 5. The lowest BCUT2D eigenvalue weighted by molar-refractivity contribution is 0.0652. The van der Waals surface area contributed by atoms with Crippen LogP contribution in [-0.2, 0) is 0 Å². The van der Waals surface area contributed by atoms with Gasteiger partial charge in [0, 0.05) is 11.6 Å². The minimum Gasteiger partial charge on any atom is -0.491 e. The molecule has 0 aliphatic heterocycles. The van der Waals surface area contributed by atoms with Crippen molar-refractivity contribution in [1.29, 1.82) is 0 Å². The van der Waals surface area contributed by atoms with Gasteiger partial charge in [0.05, 0.1) is 11.6 Å². The molecule has 104 valence electrons. The number of benzene rings is 1. The quantitative estimate of drug-likeness (QED) is 0.913. The number of ether oxygens (including phenoxy) is 1. The second-order valence-electron chi connectivity index (χ2n) is 4.75. The molecule has 0 bridgehead atoms. The van der Waals surface area contributed by atoms with Crippen molar-refractivity contribution in [2.75, 3.05) is 6.61 Å². The zero-order chi connectivity index (χ0) is 14.1. The Morgan fingerprint density at radius 3 is 2.95 bits per heavy atom. The van der Waals surface area contributed by atoms with Gasteiger partial charge in [-0.05, 0) is 30.9 Å². The normalized spacial score (nSPS) is 14.2. The molecule has 1 saturated carbocycles. The first-order chi connectivity index (χ1) is 9.65. The van der Waals surface area contributed by atoms with Gasteiger partial charge in [-0.25, -0.2) is 4.79 Å². The molecular weight excluding hydrogens is 282 g/mol. The van der Waals surface area contributed by atoms with Crippen molar-refractivity contribution in [2.24, 2.45) is 5.92 Å². The Morgan fingerprint density at radius 1 is 1.50 bits per heavy atom. The summed E-state index contributed by atoms with van der Waals surface area (Å²) < 4.78 is 10.5. The van der Waals surface area contributed by atoms with Crippen molar-refractivity contribution in [3.05, 3.63) is 35.0 Å². The lowest BCUT2D eigenvalue weighted by Gasteiger charge is -2.11. The van der Waals surface area contributed by atoms with Gasteiger partial charge in [0.2, 0.25) is 5.76 Å². The zero-order valence-electron chi connectivity index (χ0n) is 10.5. The Bertz CT molecular complexity index is 648. The van der Waals surface area contributed by atoms with Crippen LogP contribution < -0.4 is 4.74 Å². The van der Waals surface area contributed by atoms with Gasteiger partial charge in [-0.3, -0.25) is 0 Å². The summed E-state index contributed by atoms with van der Waals surface area (Å²) in [5.74, 6) is -0.267. The Kier molecular flexibility index (Phi) is 3.36. The van der Waals surface area contributed by atoms with Crippen LogP contribution in [-0.4, -0.2) is 22.8 Å². The van der Waals surface area contributed by atoms with E-state index in [1.807, 2.05) is 0 Å². The van der Waals surface area contributed by atoms with E-state index in [1.165, 1.54) is 18.9 Å². The molecule has 1 fully saturated rings. The van der Waals surface area contributed by atoms with Crippen molar-refractivity contribution < 1.29 is 19.2 Å². The number of carboxylic acid groups (broad SMARTS) is 1. The molecule has 0 radical (unpaired) electrons. The van der Waals surface area contributed by atoms with Gasteiger partial charge in [0.1, 0.15) is 11.4 Å². The predicted molar refractivity (Wildman–Crippen MR) is 72.1 cm³/mol. The Morgan fingerprint density at radius 2 is 2.30 bits per heavy atom. The van der Waals surface area contributed by atoms with E-state index < -0.39 is 5.97 Å². The molecule has 20 heavy (non-hydrogen) atoms. The maximum Gasteiger partial charge on any atom is 0.374 e. The lowest BCUT2D eigenvalue weighted by Crippen LogP contribution is -2.01. The Labute approximate surface area is 120 Å². The second-order valence-corrected chi connectivity index (χ2v) is 5.16. The standard InChI is InChI=1S/C14H12ClNO4/c15-10-3-1-2-9(13(10)19-7-8-4-5-8)11-6-12(14(17)18)20-16-11/h1-3,6,8H,4-5,7H2,(H,17,18). The largest absolute Gasteiger partial charge is 0.491 e. The van der Waals surface area contributed by atoms with Crippen LogP contribution in [0, 0.1) is 5.92 Å². The Hall–Kier alpha value is -2.01. The van der Waals surface area contributed by atoms with Crippen molar-refractivity contribution in [2.45, 2.75) is 12.8 Å². The van der Waals surface area contributed by atoms with Crippen molar-refractivity contribution in [1.82, 2.24) is 5.16 Å². The number of carbonyl (C=O) groups is 1. The van der Waals surface area contributed by atoms with Crippen LogP contribution in [0.4, 0.5) is 0 Å². The third-order valence-corrected chi connectivity index (χ3v) is 3.42. The highest BCUT2D eigenvalue weighted by atomic mass is 35.5. The molecule has 0 spiro atoms. The van der Waals surface area contributed by atoms with E-state index in [1.54, 1.807) is 18.2 Å². The number of carboxylic acids is 1. The summed E-state index contributed by atoms with van der Waals surface area (Å²) in [6, 6.07) is 6.62. The molecule has 3 rings (SSSR count). The van der Waals surface area contributed by atoms with Crippen LogP contribution in [0.1, 0.15) is 23.4 Å². The fourth-order valence-corrected chi connectivity index (χ4v) is 2.07. The minimum atomic E-state index is -1.16. The van der Waals surface area contributed by atoms with Crippen LogP contribution in [0.25, 0.3) is 11.3 Å². The molecule has 5 nitrogen and oxygen atoms in total. The highest BCUT2D eigenvalue weighted by Crippen LogP contribution is 2.38. The van der Waals surface area contributed by atoms with Crippen LogP contribution in [0.2, 0.25) is 5.02 Å². The first-order valence-electron chi connectivity index (χ1n) is 6.27. The SMILES string of the molecule is O=C(O)c1cc(-c2cccc(Cl)c2OCC2CC2)no1. The van der Waals surface area contributed by atoms with Crippen LogP contribution >= 0.6 is 11.6 Å². The third kappa shape index (κ3) is 2.63. The lowest BCUT2D eigenvalue weighted by atomic mass is 10.1. The van der Waals surface area contributed by atoms with Gasteiger partial charge in [-0.1, -0.05) is 22.8 Å². The summed E-state index contributed by atoms with van der Waals surface area (Å²) in [6.07, 6.45) is 2.35. The molecule has 1 heterocycles. The average molecular weight is 294 g/mol. The molecule has 0 saturated heterocycles. The predicted octanol–water partition coefficient (Wildman–Crippen LogP) is 3.48. The molecule has 1 aromatic heterocycles. The van der Waals surface area contributed by atoms with E-state index in [-0.39, 0.29) is 5.76 Å². The van der Waals surface area contributed by atoms with Crippen LogP contribution in [0.3, 0.4) is 0 Å². The summed E-state index contributed by atoms with van der Waals surface area (Å²) in [7, 11) is 0. The molecule has 0 unspecified atom stereocenters. The first-order valence-corrected chi connectivity index (χ1v) is 6.64. The van der Waals surface area contributed by atoms with Crippen molar-refractivity contribution >= 4 is 17.6 Å². The second kappa shape index (κ2) is 5.17. The molecule has 1 N–H and O–H groups in total. The van der Waals surface area contributed by atoms with Crippen molar-refractivity contribution in [3.63, 3.8) is 0 Å². The van der Waals surface area contributed by atoms with Crippen LogP contribution in [0.5, 0.6) is 5.75 Å². The van der Waals surface area contributed by atoms with E-state index in [0.717, 1.165) is 0 Å². The maximum atomic E-state index is 10.8. The number of hydrogen-bond donors (Lipinski definition) is 1. The van der Waals surface area contributed by atoms with Gasteiger partial charge in [-0.15, -0.1) is 0 Å². The highest BCUT2D eigenvalue weighted by Gasteiger charge is 2.24. The number of hydrogen-bond acceptors (Lipinski definition) is 4. The van der Waals surface area contributed by atoms with E-state index in [2.05, 4.69) is 5.16 Å². The summed E-state index contributed by atoms with van der Waals surface area (Å²) in [4.78, 5) is 10.8. The average Bonchev–Trinajstić information content (AvgIpc) is 3.11. The van der Waals surface area contributed by atoms with E-state index >= 15 is 0 Å². The van der Waals surface area contributed by atoms with E-state index in [4.69, 9.17) is 26.0 Å². The number of nitrogens with zero attached hydrogens (tertiary/aromatic N) is 1. The molecule has 1 aliphatic rings. The number of aromatic carboxylic acids is 1. The fraction of sp³-hybridized carbons (Fsp3) is 0.286. The molecule has 1 aliphatic carbocycles. The summed E-state index contributed by atoms with van der Waals surface area (Å²) in [6.45, 7) is 0.611. The fourth-order valence-electron chi connectivity index (χ4n) is 1.85. The van der Waals surface area contributed by atoms with Gasteiger partial charge in [-0.2, -0.15) is 0 Å². The summed E-state index contributed by atoms with van der Waals surface area (Å²) in [5, 5.41) is 13.1. The number of halogens is 1. The van der Waals surface area contributed by atoms with Gasteiger partial charge >= 0.3 is 5.97 Å². The Balaban J connectivity index is 1.93. The van der Waals surface area contributed by atoms with E-state index in [0.29, 0.717) is 34.6 Å². The number of para-hydroxylation sites is 1. The molecule has 6 heteroatoms. The molecule has 1 aromatic carbocycles. The summed E-state index contributed by atoms with van der Waals surface area (Å²) >= 11 is 6.15. The van der Waals surface area contributed by atoms with Gasteiger partial charge < -0.3 is 14.4 Å². The molecular formula is C14H12ClNO4. The maximum absolute atomic E-state index is 10.8. The zero-order valence-corrected chi connectivity index (χ0v) is 11.3. The first kappa shape index (κ1) is 13.0. The summed E-state index contributed by atoms with van der Waals surface area (Å²) in [5.41, 5.74) is 1.03. The third-order valence-electron chi connectivity index (χ3n) is 3.12. The smallest absolute Gasteiger partial charge is 0.374 e.